The fourth-order valence-electron chi connectivity index (χ4n) is 1.00. The summed E-state index contributed by atoms with van der Waals surface area (Å²) in [5.41, 5.74) is 0. The van der Waals surface area contributed by atoms with Crippen LogP contribution < -0.4 is 5.32 Å². The van der Waals surface area contributed by atoms with E-state index in [2.05, 4.69) is 10.1 Å². The van der Waals surface area contributed by atoms with Crippen molar-refractivity contribution in [1.29, 1.82) is 0 Å². The molecule has 0 spiro atoms. The summed E-state index contributed by atoms with van der Waals surface area (Å²) in [6, 6.07) is -0.560. The Hall–Kier alpha value is -1.24. The molecule has 0 bridgehead atoms. The molecule has 1 aliphatic rings. The third kappa shape index (κ3) is 3.43. The van der Waals surface area contributed by atoms with Gasteiger partial charge in [-0.15, -0.1) is 0 Å². The quantitative estimate of drug-likeness (QED) is 0.553. The number of hydrogen-bond acceptors (Lipinski definition) is 5. The molecule has 0 saturated carbocycles. The molecule has 0 aromatic heterocycles. The number of carbonyl (C=O) groups excluding carboxylic acids is 3. The van der Waals surface area contributed by atoms with Gasteiger partial charge in [-0.1, -0.05) is 0 Å². The summed E-state index contributed by atoms with van der Waals surface area (Å²) in [5, 5.41) is 2.31. The Balaban J connectivity index is 2.29. The number of amides is 3. The number of urea groups is 1. The smallest absolute Gasteiger partial charge is 0.334 e. The number of imide groups is 1. The lowest BCUT2D eigenvalue weighted by molar-refractivity contribution is -0.141. The molecule has 0 radical (unpaired) electrons. The molecule has 0 aromatic carbocycles. The zero-order valence-corrected chi connectivity index (χ0v) is 9.13. The van der Waals surface area contributed by atoms with E-state index in [9.17, 15) is 14.4 Å². The Morgan fingerprint density at radius 2 is 2.33 bits per heavy atom. The summed E-state index contributed by atoms with van der Waals surface area (Å²) in [7, 11) is 0. The van der Waals surface area contributed by atoms with Gasteiger partial charge in [-0.2, -0.15) is 0 Å². The summed E-state index contributed by atoms with van der Waals surface area (Å²) < 4.78 is 5.64. The van der Waals surface area contributed by atoms with Crippen molar-refractivity contribution in [2.24, 2.45) is 0 Å². The lowest BCUT2D eigenvalue weighted by Gasteiger charge is -2.12. The van der Waals surface area contributed by atoms with Crippen LogP contribution in [-0.2, 0) is 14.3 Å². The maximum Gasteiger partial charge on any atom is 0.334 e. The predicted molar refractivity (Wildman–Crippen MR) is 54.0 cm³/mol. The highest BCUT2D eigenvalue weighted by Crippen LogP contribution is 2.20. The number of rotatable bonds is 3. The molecule has 1 fully saturated rings. The summed E-state index contributed by atoms with van der Waals surface area (Å²) in [6.45, 7) is 1.74. The van der Waals surface area contributed by atoms with Crippen molar-refractivity contribution in [2.45, 2.75) is 13.3 Å². The minimum Gasteiger partial charge on any atom is -0.465 e. The summed E-state index contributed by atoms with van der Waals surface area (Å²) in [4.78, 5) is 33.3. The van der Waals surface area contributed by atoms with Crippen LogP contribution in [0.4, 0.5) is 4.79 Å². The van der Waals surface area contributed by atoms with E-state index in [0.717, 1.165) is 16.3 Å². The first kappa shape index (κ1) is 11.8. The van der Waals surface area contributed by atoms with Crippen LogP contribution in [-0.4, -0.2) is 41.1 Å². The van der Waals surface area contributed by atoms with Gasteiger partial charge >= 0.3 is 12.0 Å². The molecule has 0 aliphatic carbocycles. The second kappa shape index (κ2) is 5.59. The van der Waals surface area contributed by atoms with Crippen molar-refractivity contribution < 1.29 is 19.1 Å². The third-order valence-corrected chi connectivity index (χ3v) is 2.65. The first-order chi connectivity index (χ1) is 7.15. The molecule has 1 N–H and O–H groups in total. The minimum atomic E-state index is -0.560. The Morgan fingerprint density at radius 3 is 2.87 bits per heavy atom. The van der Waals surface area contributed by atoms with Gasteiger partial charge in [-0.25, -0.2) is 9.10 Å². The van der Waals surface area contributed by atoms with Crippen molar-refractivity contribution in [2.75, 3.05) is 18.9 Å². The topological polar surface area (TPSA) is 75.7 Å². The Morgan fingerprint density at radius 1 is 1.60 bits per heavy atom. The van der Waals surface area contributed by atoms with Crippen molar-refractivity contribution in [3.8, 4) is 0 Å². The average Bonchev–Trinajstić information content (AvgIpc) is 2.61. The van der Waals surface area contributed by atoms with Gasteiger partial charge in [0.25, 0.3) is 0 Å². The van der Waals surface area contributed by atoms with E-state index < -0.39 is 12.0 Å². The highest BCUT2D eigenvalue weighted by molar-refractivity contribution is 7.98. The Kier molecular flexibility index (Phi) is 4.41. The fourth-order valence-corrected chi connectivity index (χ4v) is 1.87. The molecule has 1 rings (SSSR count). The van der Waals surface area contributed by atoms with Crippen LogP contribution in [0, 0.1) is 0 Å². The van der Waals surface area contributed by atoms with E-state index in [1.165, 1.54) is 0 Å². The highest BCUT2D eigenvalue weighted by Gasteiger charge is 2.27. The lowest BCUT2D eigenvalue weighted by Crippen LogP contribution is -2.39. The van der Waals surface area contributed by atoms with E-state index in [1.807, 2.05) is 0 Å². The first-order valence-electron chi connectivity index (χ1n) is 4.54. The lowest BCUT2D eigenvalue weighted by atomic mass is 10.4. The highest BCUT2D eigenvalue weighted by atomic mass is 32.2. The van der Waals surface area contributed by atoms with Crippen LogP contribution in [0.3, 0.4) is 0 Å². The first-order valence-corrected chi connectivity index (χ1v) is 5.48. The zero-order chi connectivity index (χ0) is 11.3. The number of hydrogen-bond donors (Lipinski definition) is 1. The molecule has 3 amide bonds. The van der Waals surface area contributed by atoms with E-state index in [0.29, 0.717) is 12.2 Å². The van der Waals surface area contributed by atoms with Crippen molar-refractivity contribution in [3.05, 3.63) is 0 Å². The van der Waals surface area contributed by atoms with E-state index in [1.54, 1.807) is 6.92 Å². The molecule has 1 aliphatic heterocycles. The van der Waals surface area contributed by atoms with Gasteiger partial charge in [-0.05, 0) is 18.9 Å². The molecule has 7 heteroatoms. The largest absolute Gasteiger partial charge is 0.465 e. The number of esters is 1. The maximum atomic E-state index is 11.3. The maximum absolute atomic E-state index is 11.3. The zero-order valence-electron chi connectivity index (χ0n) is 8.32. The van der Waals surface area contributed by atoms with Gasteiger partial charge in [0.2, 0.25) is 5.91 Å². The molecule has 15 heavy (non-hydrogen) atoms. The molecule has 1 heterocycles. The van der Waals surface area contributed by atoms with E-state index in [-0.39, 0.29) is 19.1 Å². The number of nitrogens with one attached hydrogen (secondary N) is 1. The van der Waals surface area contributed by atoms with Gasteiger partial charge in [0.1, 0.15) is 6.54 Å². The van der Waals surface area contributed by atoms with E-state index in [4.69, 9.17) is 0 Å². The van der Waals surface area contributed by atoms with Crippen LogP contribution in [0.15, 0.2) is 0 Å². The molecule has 6 nitrogen and oxygen atoms in total. The Bertz CT molecular complexity index is 282. The van der Waals surface area contributed by atoms with Crippen LogP contribution >= 0.6 is 11.9 Å². The monoisotopic (exact) mass is 232 g/mol. The molecule has 0 unspecified atom stereocenters. The van der Waals surface area contributed by atoms with Crippen LogP contribution in [0.1, 0.15) is 13.3 Å². The van der Waals surface area contributed by atoms with Crippen LogP contribution in [0.2, 0.25) is 0 Å². The molecule has 1 saturated heterocycles. The molecule has 0 atom stereocenters. The summed E-state index contributed by atoms with van der Waals surface area (Å²) in [6.07, 6.45) is 0.359. The van der Waals surface area contributed by atoms with Crippen molar-refractivity contribution in [3.63, 3.8) is 0 Å². The molecular weight excluding hydrogens is 220 g/mol. The van der Waals surface area contributed by atoms with Crippen molar-refractivity contribution in [1.82, 2.24) is 9.62 Å². The fraction of sp³-hybridized carbons (Fsp3) is 0.625. The molecule has 84 valence electrons. The second-order valence-corrected chi connectivity index (χ2v) is 3.77. The van der Waals surface area contributed by atoms with E-state index >= 15 is 0 Å². The Labute approximate surface area is 91.5 Å². The van der Waals surface area contributed by atoms with Crippen LogP contribution in [0.5, 0.6) is 0 Å². The minimum absolute atomic E-state index is 0.211. The molecular formula is C8H12N2O4S. The standard InChI is InChI=1S/C8H12N2O4S/c1-2-14-7(12)5-9-8(13)10-6(11)3-4-15-10/h2-5H2,1H3,(H,9,13). The van der Waals surface area contributed by atoms with Gasteiger partial charge in [-0.3, -0.25) is 9.59 Å². The van der Waals surface area contributed by atoms with Crippen LogP contribution in [0.25, 0.3) is 0 Å². The number of carbonyl (C=O) groups is 3. The number of nitrogens with zero attached hydrogens (tertiary/aromatic N) is 1. The SMILES string of the molecule is CCOC(=O)CNC(=O)N1SCCC1=O. The summed E-state index contributed by atoms with van der Waals surface area (Å²) in [5.74, 6) is -0.144. The van der Waals surface area contributed by atoms with Gasteiger partial charge < -0.3 is 10.1 Å². The molecule has 0 aromatic rings. The third-order valence-electron chi connectivity index (χ3n) is 1.64. The van der Waals surface area contributed by atoms with Gasteiger partial charge in [0.15, 0.2) is 0 Å². The summed E-state index contributed by atoms with van der Waals surface area (Å²) >= 11 is 1.14. The average molecular weight is 232 g/mol. The van der Waals surface area contributed by atoms with Gasteiger partial charge in [0.05, 0.1) is 6.61 Å². The predicted octanol–water partition coefficient (Wildman–Crippen LogP) is 0.140. The van der Waals surface area contributed by atoms with Gasteiger partial charge in [0, 0.05) is 12.2 Å². The second-order valence-electron chi connectivity index (χ2n) is 2.74. The normalized spacial score (nSPS) is 15.3. The number of ether oxygens (including phenoxy) is 1. The van der Waals surface area contributed by atoms with Crippen molar-refractivity contribution >= 4 is 29.9 Å².